The lowest BCUT2D eigenvalue weighted by molar-refractivity contribution is 0.185. The van der Waals surface area contributed by atoms with Crippen LogP contribution in [0.5, 0.6) is 0 Å². The fourth-order valence-electron chi connectivity index (χ4n) is 1.26. The van der Waals surface area contributed by atoms with Crippen molar-refractivity contribution in [3.05, 3.63) is 32.2 Å². The van der Waals surface area contributed by atoms with Gasteiger partial charge in [-0.25, -0.2) is 0 Å². The number of rotatable bonds is 4. The number of hydrogen-bond donors (Lipinski definition) is 1. The second-order valence-corrected chi connectivity index (χ2v) is 4.65. The molecule has 0 radical (unpaired) electrons. The van der Waals surface area contributed by atoms with E-state index in [-0.39, 0.29) is 6.61 Å². The van der Waals surface area contributed by atoms with Gasteiger partial charge in [-0.2, -0.15) is 0 Å². The van der Waals surface area contributed by atoms with Crippen LogP contribution in [-0.2, 0) is 17.8 Å². The first-order valence-corrected chi connectivity index (χ1v) is 5.84. The molecule has 0 fully saturated rings. The number of benzene rings is 1. The summed E-state index contributed by atoms with van der Waals surface area (Å²) >= 11 is 6.94. The molecule has 14 heavy (non-hydrogen) atoms. The Kier molecular flexibility index (Phi) is 5.09. The van der Waals surface area contributed by atoms with E-state index in [1.165, 1.54) is 0 Å². The van der Waals surface area contributed by atoms with Crippen molar-refractivity contribution in [1.29, 1.82) is 0 Å². The third-order valence-electron chi connectivity index (χ3n) is 1.87. The van der Waals surface area contributed by atoms with E-state index in [1.54, 1.807) is 7.11 Å². The third kappa shape index (κ3) is 3.05. The van der Waals surface area contributed by atoms with Gasteiger partial charge in [0, 0.05) is 22.7 Å². The summed E-state index contributed by atoms with van der Waals surface area (Å²) in [5.74, 6) is 0. The van der Waals surface area contributed by atoms with Crippen LogP contribution in [0, 0.1) is 0 Å². The predicted molar refractivity (Wildman–Crippen MR) is 63.3 cm³/mol. The van der Waals surface area contributed by atoms with Gasteiger partial charge in [0.2, 0.25) is 0 Å². The summed E-state index contributed by atoms with van der Waals surface area (Å²) in [5, 5.41) is 8.87. The fraction of sp³-hybridized carbons (Fsp3) is 0.400. The van der Waals surface area contributed by atoms with Crippen LogP contribution in [-0.4, -0.2) is 18.8 Å². The molecule has 0 aromatic heterocycles. The molecule has 4 heteroatoms. The Bertz CT molecular complexity index is 290. The molecule has 0 amide bonds. The van der Waals surface area contributed by atoms with E-state index < -0.39 is 0 Å². The van der Waals surface area contributed by atoms with Gasteiger partial charge in [0.05, 0.1) is 6.61 Å². The Labute approximate surface area is 101 Å². The summed E-state index contributed by atoms with van der Waals surface area (Å²) in [6.07, 6.45) is 0.647. The molecule has 0 spiro atoms. The van der Waals surface area contributed by atoms with E-state index in [1.807, 2.05) is 12.1 Å². The van der Waals surface area contributed by atoms with Crippen molar-refractivity contribution in [1.82, 2.24) is 0 Å². The van der Waals surface area contributed by atoms with E-state index >= 15 is 0 Å². The van der Waals surface area contributed by atoms with Crippen molar-refractivity contribution < 1.29 is 9.84 Å². The molecule has 0 aliphatic rings. The summed E-state index contributed by atoms with van der Waals surface area (Å²) in [4.78, 5) is 0. The molecule has 0 aliphatic heterocycles. The van der Waals surface area contributed by atoms with E-state index in [2.05, 4.69) is 31.9 Å². The largest absolute Gasteiger partial charge is 0.396 e. The lowest BCUT2D eigenvalue weighted by Crippen LogP contribution is -1.96. The molecule has 1 rings (SSSR count). The van der Waals surface area contributed by atoms with Crippen LogP contribution in [0.1, 0.15) is 11.1 Å². The smallest absolute Gasteiger partial charge is 0.0713 e. The maximum atomic E-state index is 8.87. The van der Waals surface area contributed by atoms with Crippen LogP contribution in [0.4, 0.5) is 0 Å². The van der Waals surface area contributed by atoms with Crippen molar-refractivity contribution >= 4 is 31.9 Å². The third-order valence-corrected chi connectivity index (χ3v) is 3.29. The van der Waals surface area contributed by atoms with Gasteiger partial charge in [-0.1, -0.05) is 31.9 Å². The Morgan fingerprint density at radius 1 is 1.29 bits per heavy atom. The van der Waals surface area contributed by atoms with Gasteiger partial charge in [0.1, 0.15) is 0 Å². The summed E-state index contributed by atoms with van der Waals surface area (Å²) in [6, 6.07) is 4.03. The zero-order chi connectivity index (χ0) is 10.6. The molecular formula is C10H12Br2O2. The van der Waals surface area contributed by atoms with Crippen LogP contribution in [0.25, 0.3) is 0 Å². The minimum absolute atomic E-state index is 0.154. The Morgan fingerprint density at radius 2 is 1.86 bits per heavy atom. The van der Waals surface area contributed by atoms with Crippen LogP contribution in [0.2, 0.25) is 0 Å². The average molecular weight is 324 g/mol. The minimum Gasteiger partial charge on any atom is -0.396 e. The maximum Gasteiger partial charge on any atom is 0.0713 e. The van der Waals surface area contributed by atoms with Gasteiger partial charge in [0.15, 0.2) is 0 Å². The van der Waals surface area contributed by atoms with Gasteiger partial charge in [-0.05, 0) is 29.7 Å². The van der Waals surface area contributed by atoms with E-state index in [0.717, 1.165) is 20.1 Å². The average Bonchev–Trinajstić information content (AvgIpc) is 2.12. The fourth-order valence-corrected chi connectivity index (χ4v) is 2.93. The van der Waals surface area contributed by atoms with Crippen molar-refractivity contribution in [2.24, 2.45) is 0 Å². The first-order chi connectivity index (χ1) is 6.69. The van der Waals surface area contributed by atoms with Crippen molar-refractivity contribution in [2.45, 2.75) is 13.0 Å². The molecule has 0 saturated heterocycles. The van der Waals surface area contributed by atoms with Crippen molar-refractivity contribution in [3.63, 3.8) is 0 Å². The summed E-state index contributed by atoms with van der Waals surface area (Å²) in [7, 11) is 1.67. The SMILES string of the molecule is COCc1cc(Br)c(CCO)c(Br)c1. The molecule has 78 valence electrons. The molecule has 1 aromatic rings. The lowest BCUT2D eigenvalue weighted by atomic mass is 10.1. The summed E-state index contributed by atoms with van der Waals surface area (Å²) in [6.45, 7) is 0.747. The molecule has 0 bridgehead atoms. The van der Waals surface area contributed by atoms with Crippen LogP contribution < -0.4 is 0 Å². The summed E-state index contributed by atoms with van der Waals surface area (Å²) < 4.78 is 7.06. The monoisotopic (exact) mass is 322 g/mol. The standard InChI is InChI=1S/C10H12Br2O2/c1-14-6-7-4-9(11)8(2-3-13)10(12)5-7/h4-5,13H,2-3,6H2,1H3. The number of halogens is 2. The van der Waals surface area contributed by atoms with E-state index in [0.29, 0.717) is 13.0 Å². The first kappa shape index (κ1) is 12.2. The number of aliphatic hydroxyl groups excluding tert-OH is 1. The van der Waals surface area contributed by atoms with Crippen molar-refractivity contribution in [3.8, 4) is 0 Å². The minimum atomic E-state index is 0.154. The molecule has 0 heterocycles. The zero-order valence-electron chi connectivity index (χ0n) is 7.89. The van der Waals surface area contributed by atoms with Gasteiger partial charge in [-0.3, -0.25) is 0 Å². The Hall–Kier alpha value is 0.1000. The molecule has 1 aromatic carbocycles. The number of hydrogen-bond acceptors (Lipinski definition) is 2. The first-order valence-electron chi connectivity index (χ1n) is 4.25. The highest BCUT2D eigenvalue weighted by molar-refractivity contribution is 9.11. The molecule has 1 N–H and O–H groups in total. The molecule has 0 atom stereocenters. The number of ether oxygens (including phenoxy) is 1. The molecule has 0 saturated carbocycles. The highest BCUT2D eigenvalue weighted by atomic mass is 79.9. The van der Waals surface area contributed by atoms with E-state index in [4.69, 9.17) is 9.84 Å². The summed E-state index contributed by atoms with van der Waals surface area (Å²) in [5.41, 5.74) is 2.19. The topological polar surface area (TPSA) is 29.5 Å². The molecule has 0 aliphatic carbocycles. The maximum absolute atomic E-state index is 8.87. The predicted octanol–water partition coefficient (Wildman–Crippen LogP) is 2.89. The van der Waals surface area contributed by atoms with Gasteiger partial charge in [0.25, 0.3) is 0 Å². The second-order valence-electron chi connectivity index (χ2n) is 2.94. The van der Waals surface area contributed by atoms with Crippen LogP contribution in [0.3, 0.4) is 0 Å². The zero-order valence-corrected chi connectivity index (χ0v) is 11.1. The highest BCUT2D eigenvalue weighted by Gasteiger charge is 2.06. The lowest BCUT2D eigenvalue weighted by Gasteiger charge is -2.08. The number of aliphatic hydroxyl groups is 1. The molecular weight excluding hydrogens is 312 g/mol. The van der Waals surface area contributed by atoms with Gasteiger partial charge >= 0.3 is 0 Å². The van der Waals surface area contributed by atoms with Crippen LogP contribution in [0.15, 0.2) is 21.1 Å². The van der Waals surface area contributed by atoms with Gasteiger partial charge < -0.3 is 9.84 Å². The van der Waals surface area contributed by atoms with Crippen molar-refractivity contribution in [2.75, 3.05) is 13.7 Å². The normalized spacial score (nSPS) is 10.6. The van der Waals surface area contributed by atoms with Crippen LogP contribution >= 0.6 is 31.9 Å². The molecule has 2 nitrogen and oxygen atoms in total. The highest BCUT2D eigenvalue weighted by Crippen LogP contribution is 2.28. The Balaban J connectivity index is 2.98. The van der Waals surface area contributed by atoms with E-state index in [9.17, 15) is 0 Å². The van der Waals surface area contributed by atoms with Gasteiger partial charge in [-0.15, -0.1) is 0 Å². The molecule has 0 unspecified atom stereocenters. The number of methoxy groups -OCH3 is 1. The second kappa shape index (κ2) is 5.85. The Morgan fingerprint density at radius 3 is 2.29 bits per heavy atom. The quantitative estimate of drug-likeness (QED) is 0.923.